The molecule has 1 aromatic carbocycles. The van der Waals surface area contributed by atoms with Crippen molar-refractivity contribution in [3.63, 3.8) is 0 Å². The van der Waals surface area contributed by atoms with Gasteiger partial charge in [0.1, 0.15) is 0 Å². The number of sulfonamides is 1. The molecule has 7 nitrogen and oxygen atoms in total. The van der Waals surface area contributed by atoms with Gasteiger partial charge in [0.05, 0.1) is 23.7 Å². The molecule has 11 atom stereocenters. The van der Waals surface area contributed by atoms with Crippen molar-refractivity contribution in [2.45, 2.75) is 129 Å². The van der Waals surface area contributed by atoms with Crippen LogP contribution >= 0.6 is 0 Å². The summed E-state index contributed by atoms with van der Waals surface area (Å²) in [5, 5.41) is 22.5. The average molecular weight is 632 g/mol. The predicted octanol–water partition coefficient (Wildman–Crippen LogP) is 7.05. The van der Waals surface area contributed by atoms with E-state index in [2.05, 4.69) is 53.2 Å². The van der Waals surface area contributed by atoms with Crippen molar-refractivity contribution in [2.24, 2.45) is 52.3 Å². The zero-order valence-corrected chi connectivity index (χ0v) is 28.8. The Bertz CT molecular complexity index is 1290. The Morgan fingerprint density at radius 2 is 1.64 bits per heavy atom. The highest BCUT2D eigenvalue weighted by Gasteiger charge is 2.64. The Hall–Kier alpha value is -1.64. The van der Waals surface area contributed by atoms with E-state index in [-0.39, 0.29) is 45.9 Å². The van der Waals surface area contributed by atoms with Crippen LogP contribution in [0.5, 0.6) is 0 Å². The highest BCUT2D eigenvalue weighted by Crippen LogP contribution is 2.69. The lowest BCUT2D eigenvalue weighted by Crippen LogP contribution is -2.62. The van der Waals surface area contributed by atoms with E-state index in [4.69, 9.17) is 4.74 Å². The third-order valence-electron chi connectivity index (χ3n) is 13.2. The summed E-state index contributed by atoms with van der Waals surface area (Å²) in [6, 6.07) is 6.59. The van der Waals surface area contributed by atoms with Crippen molar-refractivity contribution in [3.8, 4) is 0 Å². The minimum Gasteiger partial charge on any atom is -0.449 e. The second kappa shape index (κ2) is 12.2. The Kier molecular flexibility index (Phi) is 9.34. The summed E-state index contributed by atoms with van der Waals surface area (Å²) in [7, 11) is -4.02. The van der Waals surface area contributed by atoms with Crippen molar-refractivity contribution in [3.05, 3.63) is 29.8 Å². The number of benzene rings is 1. The molecule has 4 saturated carbocycles. The van der Waals surface area contributed by atoms with Gasteiger partial charge in [-0.05, 0) is 127 Å². The fraction of sp³-hybridized carbons (Fsp3) is 0.806. The molecule has 5 rings (SSSR count). The second-order valence-electron chi connectivity index (χ2n) is 16.4. The van der Waals surface area contributed by atoms with Gasteiger partial charge in [-0.25, -0.2) is 17.9 Å². The van der Waals surface area contributed by atoms with Gasteiger partial charge >= 0.3 is 6.09 Å². The van der Waals surface area contributed by atoms with Crippen LogP contribution in [-0.4, -0.2) is 43.5 Å². The third-order valence-corrected chi connectivity index (χ3v) is 14.5. The third kappa shape index (κ3) is 5.97. The van der Waals surface area contributed by atoms with E-state index < -0.39 is 16.1 Å². The van der Waals surface area contributed by atoms with Gasteiger partial charge in [-0.2, -0.15) is 0 Å². The van der Waals surface area contributed by atoms with Crippen molar-refractivity contribution < 1.29 is 28.2 Å². The van der Waals surface area contributed by atoms with Gasteiger partial charge in [-0.1, -0.05) is 67.0 Å². The monoisotopic (exact) mass is 631 g/mol. The van der Waals surface area contributed by atoms with E-state index in [1.165, 1.54) is 12.1 Å². The fourth-order valence-electron chi connectivity index (χ4n) is 10.8. The summed E-state index contributed by atoms with van der Waals surface area (Å²) in [4.78, 5) is 12.6. The highest BCUT2D eigenvalue weighted by molar-refractivity contribution is 7.90. The summed E-state index contributed by atoms with van der Waals surface area (Å²) in [6.45, 7) is 15.7. The lowest BCUT2D eigenvalue weighted by Gasteiger charge is -2.64. The van der Waals surface area contributed by atoms with E-state index in [1.54, 1.807) is 12.1 Å². The molecular weight excluding hydrogens is 574 g/mol. The Morgan fingerprint density at radius 1 is 1.00 bits per heavy atom. The predicted molar refractivity (Wildman–Crippen MR) is 172 cm³/mol. The Labute approximate surface area is 266 Å². The number of aliphatic hydroxyl groups is 2. The molecular formula is C36H57NO6S. The maximum absolute atomic E-state index is 12.8. The number of nitrogens with one attached hydrogen (secondary N) is 1. The maximum atomic E-state index is 12.8. The molecule has 0 aromatic heterocycles. The zero-order chi connectivity index (χ0) is 32.2. The van der Waals surface area contributed by atoms with Crippen LogP contribution in [0.3, 0.4) is 0 Å². The molecule has 0 heterocycles. The van der Waals surface area contributed by atoms with Crippen LogP contribution in [0.15, 0.2) is 29.2 Å². The topological polar surface area (TPSA) is 113 Å². The number of hydrogen-bond donors (Lipinski definition) is 3. The summed E-state index contributed by atoms with van der Waals surface area (Å²) in [6.07, 6.45) is 7.42. The van der Waals surface area contributed by atoms with Crippen molar-refractivity contribution in [1.29, 1.82) is 0 Å². The number of aliphatic hydroxyl groups excluding tert-OH is 2. The zero-order valence-electron chi connectivity index (χ0n) is 28.0. The number of amides is 1. The van der Waals surface area contributed by atoms with E-state index in [0.29, 0.717) is 41.9 Å². The lowest BCUT2D eigenvalue weighted by molar-refractivity contribution is -0.203. The number of hydrogen-bond acceptors (Lipinski definition) is 6. The first-order valence-electron chi connectivity index (χ1n) is 17.2. The van der Waals surface area contributed by atoms with Gasteiger partial charge < -0.3 is 14.9 Å². The smallest absolute Gasteiger partial charge is 0.421 e. The van der Waals surface area contributed by atoms with Crippen LogP contribution in [0.25, 0.3) is 0 Å². The van der Waals surface area contributed by atoms with Gasteiger partial charge in [-0.15, -0.1) is 0 Å². The Balaban J connectivity index is 1.19. The average Bonchev–Trinajstić information content (AvgIpc) is 3.30. The lowest BCUT2D eigenvalue weighted by atomic mass is 9.41. The van der Waals surface area contributed by atoms with Gasteiger partial charge in [0, 0.05) is 0 Å². The number of rotatable bonds is 7. The SMILES string of the molecule is CC[C@@H]1C2C[C@H](O)CC[C@@]2(C)[C@H]2CCC3(C)[C@@H]([C@H](C)CCOC(=O)NS(=O)(=O)c4ccc(C(C)(C)C)cc4)CC[C@H]3C2[C@@H]1O. The molecule has 44 heavy (non-hydrogen) atoms. The molecule has 0 saturated heterocycles. The molecule has 0 radical (unpaired) electrons. The van der Waals surface area contributed by atoms with Gasteiger partial charge in [0.2, 0.25) is 0 Å². The minimum absolute atomic E-state index is 0.0381. The molecule has 3 N–H and O–H groups in total. The minimum atomic E-state index is -4.02. The van der Waals surface area contributed by atoms with Crippen molar-refractivity contribution in [2.75, 3.05) is 6.61 Å². The normalized spacial score (nSPS) is 39.5. The van der Waals surface area contributed by atoms with Crippen LogP contribution < -0.4 is 4.72 Å². The van der Waals surface area contributed by atoms with Crippen LogP contribution in [0.1, 0.15) is 112 Å². The van der Waals surface area contributed by atoms with Gasteiger partial charge in [0.15, 0.2) is 0 Å². The molecule has 4 fully saturated rings. The number of carbonyl (C=O) groups excluding carboxylic acids is 1. The molecule has 0 bridgehead atoms. The molecule has 1 amide bonds. The molecule has 3 unspecified atom stereocenters. The molecule has 4 aliphatic rings. The maximum Gasteiger partial charge on any atom is 0.421 e. The summed E-state index contributed by atoms with van der Waals surface area (Å²) in [5.41, 5.74) is 1.23. The molecule has 248 valence electrons. The molecule has 0 spiro atoms. The quantitative estimate of drug-likeness (QED) is 0.297. The van der Waals surface area contributed by atoms with Crippen molar-refractivity contribution >= 4 is 16.1 Å². The first kappa shape index (κ1) is 33.7. The molecule has 0 aliphatic heterocycles. The summed E-state index contributed by atoms with van der Waals surface area (Å²) in [5.74, 6) is 2.70. The first-order valence-corrected chi connectivity index (χ1v) is 18.7. The fourth-order valence-corrected chi connectivity index (χ4v) is 11.7. The number of carbonyl (C=O) groups is 1. The highest BCUT2D eigenvalue weighted by atomic mass is 32.2. The summed E-state index contributed by atoms with van der Waals surface area (Å²) >= 11 is 0. The van der Waals surface area contributed by atoms with E-state index in [1.807, 2.05) is 0 Å². The second-order valence-corrected chi connectivity index (χ2v) is 18.1. The number of ether oxygens (including phenoxy) is 1. The Morgan fingerprint density at radius 3 is 2.27 bits per heavy atom. The van der Waals surface area contributed by atoms with Gasteiger partial charge in [0.25, 0.3) is 10.0 Å². The van der Waals surface area contributed by atoms with Gasteiger partial charge in [-0.3, -0.25) is 0 Å². The first-order chi connectivity index (χ1) is 20.5. The van der Waals surface area contributed by atoms with Crippen LogP contribution in [0, 0.1) is 52.3 Å². The molecule has 1 aromatic rings. The van der Waals surface area contributed by atoms with Crippen LogP contribution in [0.4, 0.5) is 4.79 Å². The van der Waals surface area contributed by atoms with Crippen molar-refractivity contribution in [1.82, 2.24) is 4.72 Å². The van der Waals surface area contributed by atoms with Crippen LogP contribution in [-0.2, 0) is 20.2 Å². The van der Waals surface area contributed by atoms with E-state index in [0.717, 1.165) is 56.9 Å². The standard InChI is InChI=1S/C36H57NO6S/c1-8-26-30-21-24(38)15-18-36(30,7)29-16-19-35(6)27(13-14-28(35)31(29)32(26)39)22(2)17-20-43-33(40)37-44(41,42)25-11-9-23(10-12-25)34(3,4)5/h9-12,22,24,26-32,38-39H,8,13-21H2,1-7H3,(H,37,40)/t22-,24-,26-,27-,28+,29+,30?,31?,32-,35?,36+/m1/s1. The van der Waals surface area contributed by atoms with Crippen LogP contribution in [0.2, 0.25) is 0 Å². The number of fused-ring (bicyclic) bond motifs is 5. The molecule has 4 aliphatic carbocycles. The van der Waals surface area contributed by atoms with E-state index in [9.17, 15) is 23.4 Å². The molecule has 8 heteroatoms. The van der Waals surface area contributed by atoms with E-state index >= 15 is 0 Å². The summed E-state index contributed by atoms with van der Waals surface area (Å²) < 4.78 is 33.0. The largest absolute Gasteiger partial charge is 0.449 e.